The van der Waals surface area contributed by atoms with Crippen molar-refractivity contribution in [2.45, 2.75) is 0 Å². The van der Waals surface area contributed by atoms with Gasteiger partial charge in [0.1, 0.15) is 18.0 Å². The summed E-state index contributed by atoms with van der Waals surface area (Å²) in [5.74, 6) is 0.621. The van der Waals surface area contributed by atoms with Crippen LogP contribution >= 0.6 is 0 Å². The van der Waals surface area contributed by atoms with Gasteiger partial charge in [0.15, 0.2) is 0 Å². The molecule has 0 aliphatic carbocycles. The van der Waals surface area contributed by atoms with Crippen molar-refractivity contribution < 1.29 is 13.9 Å². The van der Waals surface area contributed by atoms with E-state index in [4.69, 9.17) is 4.74 Å². The predicted octanol–water partition coefficient (Wildman–Crippen LogP) is 2.57. The quantitative estimate of drug-likeness (QED) is 0.648. The molecule has 8 heteroatoms. The minimum absolute atomic E-state index is 0.0115. The van der Waals surface area contributed by atoms with Crippen LogP contribution in [0, 0.1) is 5.82 Å². The van der Waals surface area contributed by atoms with Gasteiger partial charge in [-0.1, -0.05) is 0 Å². The Morgan fingerprint density at radius 3 is 2.35 bits per heavy atom. The van der Waals surface area contributed by atoms with Gasteiger partial charge in [-0.2, -0.15) is 0 Å². The maximum atomic E-state index is 13.2. The fourth-order valence-electron chi connectivity index (χ4n) is 4.21. The van der Waals surface area contributed by atoms with Crippen molar-refractivity contribution in [2.75, 3.05) is 62.3 Å². The molecule has 1 aromatic heterocycles. The number of nitrogens with zero attached hydrogens (tertiary/aromatic N) is 5. The number of rotatable bonds is 3. The Labute approximate surface area is 180 Å². The Morgan fingerprint density at radius 2 is 1.61 bits per heavy atom. The lowest BCUT2D eigenvalue weighted by molar-refractivity contribution is 0.0747. The molecule has 3 heterocycles. The molecule has 0 saturated carbocycles. The number of hydrogen-bond acceptors (Lipinski definition) is 6. The Hall–Kier alpha value is -3.26. The molecule has 3 aromatic rings. The lowest BCUT2D eigenvalue weighted by Gasteiger charge is -2.36. The van der Waals surface area contributed by atoms with Crippen LogP contribution in [0.5, 0.6) is 0 Å². The van der Waals surface area contributed by atoms with E-state index in [0.717, 1.165) is 35.5 Å². The van der Waals surface area contributed by atoms with E-state index in [1.54, 1.807) is 18.5 Å². The average molecular weight is 421 g/mol. The van der Waals surface area contributed by atoms with Crippen LogP contribution in [0.3, 0.4) is 0 Å². The highest BCUT2D eigenvalue weighted by molar-refractivity contribution is 6.00. The Bertz CT molecular complexity index is 1080. The van der Waals surface area contributed by atoms with Gasteiger partial charge in [0.05, 0.1) is 18.7 Å². The van der Waals surface area contributed by atoms with Gasteiger partial charge in [-0.15, -0.1) is 0 Å². The molecular weight excluding hydrogens is 397 g/mol. The van der Waals surface area contributed by atoms with Gasteiger partial charge in [0.25, 0.3) is 5.91 Å². The number of hydrogen-bond donors (Lipinski definition) is 0. The summed E-state index contributed by atoms with van der Waals surface area (Å²) in [6.45, 7) is 5.56. The van der Waals surface area contributed by atoms with E-state index in [9.17, 15) is 9.18 Å². The molecule has 31 heavy (non-hydrogen) atoms. The van der Waals surface area contributed by atoms with Crippen LogP contribution in [-0.2, 0) is 4.74 Å². The molecule has 2 fully saturated rings. The first-order valence-corrected chi connectivity index (χ1v) is 10.6. The van der Waals surface area contributed by atoms with E-state index in [0.29, 0.717) is 45.0 Å². The first-order valence-electron chi connectivity index (χ1n) is 10.6. The van der Waals surface area contributed by atoms with Crippen LogP contribution in [-0.4, -0.2) is 73.3 Å². The summed E-state index contributed by atoms with van der Waals surface area (Å²) < 4.78 is 18.6. The molecular formula is C23H24FN5O2. The molecule has 2 aliphatic heterocycles. The van der Waals surface area contributed by atoms with Crippen LogP contribution in [0.4, 0.5) is 15.9 Å². The molecule has 2 saturated heterocycles. The van der Waals surface area contributed by atoms with Crippen molar-refractivity contribution in [2.24, 2.45) is 0 Å². The van der Waals surface area contributed by atoms with Crippen molar-refractivity contribution in [1.29, 1.82) is 0 Å². The smallest absolute Gasteiger partial charge is 0.254 e. The van der Waals surface area contributed by atoms with Gasteiger partial charge < -0.3 is 19.4 Å². The van der Waals surface area contributed by atoms with Crippen LogP contribution in [0.1, 0.15) is 10.4 Å². The number of aromatic nitrogens is 2. The summed E-state index contributed by atoms with van der Waals surface area (Å²) in [4.78, 5) is 28.3. The minimum Gasteiger partial charge on any atom is -0.378 e. The number of morpholine rings is 1. The van der Waals surface area contributed by atoms with Crippen molar-refractivity contribution in [1.82, 2.24) is 14.9 Å². The van der Waals surface area contributed by atoms with Crippen LogP contribution < -0.4 is 9.80 Å². The van der Waals surface area contributed by atoms with Crippen molar-refractivity contribution in [3.05, 3.63) is 60.2 Å². The lowest BCUT2D eigenvalue weighted by atomic mass is 10.1. The highest BCUT2D eigenvalue weighted by Crippen LogP contribution is 2.26. The number of benzene rings is 2. The second-order valence-electron chi connectivity index (χ2n) is 7.78. The van der Waals surface area contributed by atoms with Crippen molar-refractivity contribution >= 4 is 28.3 Å². The topological polar surface area (TPSA) is 61.8 Å². The van der Waals surface area contributed by atoms with E-state index in [1.165, 1.54) is 12.1 Å². The van der Waals surface area contributed by atoms with Gasteiger partial charge in [-0.05, 0) is 42.5 Å². The fraction of sp³-hybridized carbons (Fsp3) is 0.348. The van der Waals surface area contributed by atoms with Gasteiger partial charge in [-0.3, -0.25) is 4.79 Å². The highest BCUT2D eigenvalue weighted by atomic mass is 19.1. The average Bonchev–Trinajstić information content (AvgIpc) is 2.84. The van der Waals surface area contributed by atoms with E-state index in [2.05, 4.69) is 19.8 Å². The first-order chi connectivity index (χ1) is 15.2. The molecule has 0 atom stereocenters. The van der Waals surface area contributed by atoms with E-state index < -0.39 is 0 Å². The van der Waals surface area contributed by atoms with Gasteiger partial charge in [0.2, 0.25) is 0 Å². The van der Waals surface area contributed by atoms with Crippen LogP contribution in [0.15, 0.2) is 48.8 Å². The molecule has 1 amide bonds. The maximum absolute atomic E-state index is 13.2. The monoisotopic (exact) mass is 421 g/mol. The van der Waals surface area contributed by atoms with Gasteiger partial charge in [-0.25, -0.2) is 14.4 Å². The summed E-state index contributed by atoms with van der Waals surface area (Å²) in [6.07, 6.45) is 1.57. The summed E-state index contributed by atoms with van der Waals surface area (Å²) in [7, 11) is 0. The van der Waals surface area contributed by atoms with Crippen molar-refractivity contribution in [3.8, 4) is 0 Å². The zero-order chi connectivity index (χ0) is 21.2. The molecule has 2 aromatic carbocycles. The largest absolute Gasteiger partial charge is 0.378 e. The minimum atomic E-state index is -0.241. The SMILES string of the molecule is O=C(c1ccc2ncnc(N3CCOCC3)c2c1)N1CCN(c2ccc(F)cc2)CC1. The van der Waals surface area contributed by atoms with E-state index >= 15 is 0 Å². The maximum Gasteiger partial charge on any atom is 0.254 e. The molecule has 0 unspecified atom stereocenters. The molecule has 0 radical (unpaired) electrons. The normalized spacial score (nSPS) is 17.3. The number of fused-ring (bicyclic) bond motifs is 1. The molecule has 160 valence electrons. The van der Waals surface area contributed by atoms with Crippen LogP contribution in [0.25, 0.3) is 10.9 Å². The Balaban J connectivity index is 1.33. The van der Waals surface area contributed by atoms with Gasteiger partial charge in [0, 0.05) is 55.9 Å². The summed E-state index contributed by atoms with van der Waals surface area (Å²) >= 11 is 0. The molecule has 0 N–H and O–H groups in total. The number of ether oxygens (including phenoxy) is 1. The van der Waals surface area contributed by atoms with Gasteiger partial charge >= 0.3 is 0 Å². The zero-order valence-corrected chi connectivity index (χ0v) is 17.2. The second-order valence-corrected chi connectivity index (χ2v) is 7.78. The third kappa shape index (κ3) is 4.03. The Kier molecular flexibility index (Phi) is 5.38. The summed E-state index contributed by atoms with van der Waals surface area (Å²) in [5, 5.41) is 0.889. The molecule has 0 bridgehead atoms. The number of piperazine rings is 1. The fourth-order valence-corrected chi connectivity index (χ4v) is 4.21. The zero-order valence-electron chi connectivity index (χ0n) is 17.2. The second kappa shape index (κ2) is 8.47. The number of carbonyl (C=O) groups excluding carboxylic acids is 1. The lowest BCUT2D eigenvalue weighted by Crippen LogP contribution is -2.48. The first kappa shape index (κ1) is 19.7. The highest BCUT2D eigenvalue weighted by Gasteiger charge is 2.23. The van der Waals surface area contributed by atoms with Crippen molar-refractivity contribution in [3.63, 3.8) is 0 Å². The third-order valence-electron chi connectivity index (χ3n) is 5.93. The van der Waals surface area contributed by atoms with E-state index in [1.807, 2.05) is 23.1 Å². The number of amides is 1. The summed E-state index contributed by atoms with van der Waals surface area (Å²) in [6, 6.07) is 12.1. The third-order valence-corrected chi connectivity index (χ3v) is 5.93. The molecule has 7 nitrogen and oxygen atoms in total. The molecule has 5 rings (SSSR count). The standard InChI is InChI=1S/C23H24FN5O2/c24-18-2-4-19(5-3-18)27-7-9-29(10-8-27)23(30)17-1-6-21-20(15-17)22(26-16-25-21)28-11-13-31-14-12-28/h1-6,15-16H,7-14H2. The number of anilines is 2. The predicted molar refractivity (Wildman–Crippen MR) is 117 cm³/mol. The number of carbonyl (C=O) groups is 1. The summed E-state index contributed by atoms with van der Waals surface area (Å²) in [5.41, 5.74) is 2.45. The van der Waals surface area contributed by atoms with Crippen LogP contribution in [0.2, 0.25) is 0 Å². The number of halogens is 1. The molecule has 2 aliphatic rings. The molecule has 0 spiro atoms. The van der Waals surface area contributed by atoms with E-state index in [-0.39, 0.29) is 11.7 Å². The Morgan fingerprint density at radius 1 is 0.871 bits per heavy atom.